The number of aromatic carboxylic acids is 1. The number of nitrogens with one attached hydrogen (secondary N) is 2. The van der Waals surface area contributed by atoms with Crippen LogP contribution in [0.4, 0.5) is 5.69 Å². The minimum absolute atomic E-state index is 0.133. The molecule has 0 bridgehead atoms. The third-order valence-electron chi connectivity index (χ3n) is 2.42. The van der Waals surface area contributed by atoms with Gasteiger partial charge in [-0.2, -0.15) is 0 Å². The molecule has 0 atom stereocenters. The quantitative estimate of drug-likeness (QED) is 0.464. The molecule has 0 aliphatic carbocycles. The molecular formula is C12H15N5O3. The molecule has 8 heteroatoms. The molecule has 0 spiro atoms. The number of aromatic nitrogens is 1. The Morgan fingerprint density at radius 1 is 1.60 bits per heavy atom. The van der Waals surface area contributed by atoms with Gasteiger partial charge < -0.3 is 21.1 Å². The van der Waals surface area contributed by atoms with Crippen molar-refractivity contribution in [1.29, 1.82) is 0 Å². The highest BCUT2D eigenvalue weighted by atomic mass is 16.4. The zero-order valence-electron chi connectivity index (χ0n) is 11.1. The largest absolute Gasteiger partial charge is 0.477 e. The molecule has 0 unspecified atom stereocenters. The fraction of sp³-hybridized carbons (Fsp3) is 0.167. The Labute approximate surface area is 114 Å². The number of nitrogens with two attached hydrogens (primary N) is 1. The Morgan fingerprint density at radius 3 is 2.75 bits per heavy atom. The molecule has 5 N–H and O–H groups in total. The Balaban J connectivity index is 3.17. The third kappa shape index (κ3) is 3.55. The van der Waals surface area contributed by atoms with E-state index in [0.717, 1.165) is 0 Å². The summed E-state index contributed by atoms with van der Waals surface area (Å²) in [7, 11) is 1.50. The van der Waals surface area contributed by atoms with E-state index in [1.54, 1.807) is 6.92 Å². The van der Waals surface area contributed by atoms with Gasteiger partial charge in [0, 0.05) is 13.1 Å². The molecule has 106 valence electrons. The second-order valence-corrected chi connectivity index (χ2v) is 3.84. The number of aryl methyl sites for hydroxylation is 1. The van der Waals surface area contributed by atoms with E-state index in [-0.39, 0.29) is 17.2 Å². The number of carboxylic acids is 1. The van der Waals surface area contributed by atoms with E-state index in [2.05, 4.69) is 27.0 Å². The van der Waals surface area contributed by atoms with Crippen LogP contribution in [0.3, 0.4) is 0 Å². The van der Waals surface area contributed by atoms with Gasteiger partial charge in [-0.05, 0) is 25.3 Å². The second-order valence-electron chi connectivity index (χ2n) is 3.84. The molecule has 0 aliphatic heterocycles. The van der Waals surface area contributed by atoms with Crippen LogP contribution < -0.4 is 16.6 Å². The summed E-state index contributed by atoms with van der Waals surface area (Å²) < 4.78 is 0. The summed E-state index contributed by atoms with van der Waals surface area (Å²) in [4.78, 5) is 32.3. The number of rotatable bonds is 4. The van der Waals surface area contributed by atoms with Crippen molar-refractivity contribution in [1.82, 2.24) is 4.98 Å². The van der Waals surface area contributed by atoms with Gasteiger partial charge >= 0.3 is 5.97 Å². The molecule has 0 saturated carbocycles. The number of anilines is 1. The summed E-state index contributed by atoms with van der Waals surface area (Å²) in [6.45, 7) is 4.83. The normalized spacial score (nSPS) is 12.1. The highest BCUT2D eigenvalue weighted by Gasteiger charge is 2.11. The summed E-state index contributed by atoms with van der Waals surface area (Å²) in [5, 5.41) is 11.6. The van der Waals surface area contributed by atoms with E-state index < -0.39 is 11.5 Å². The predicted octanol–water partition coefficient (Wildman–Crippen LogP) is 0.322. The zero-order chi connectivity index (χ0) is 15.3. The molecule has 0 amide bonds. The highest BCUT2D eigenvalue weighted by molar-refractivity contribution is 6.04. The first-order valence-electron chi connectivity index (χ1n) is 5.54. The lowest BCUT2D eigenvalue weighted by molar-refractivity contribution is 0.0689. The number of aliphatic imine (C=N–C) groups is 2. The van der Waals surface area contributed by atoms with Crippen LogP contribution in [0.2, 0.25) is 0 Å². The van der Waals surface area contributed by atoms with E-state index in [0.29, 0.717) is 11.4 Å². The van der Waals surface area contributed by atoms with Crippen molar-refractivity contribution in [3.05, 3.63) is 39.6 Å². The summed E-state index contributed by atoms with van der Waals surface area (Å²) in [6, 6.07) is 1.42. The number of nitrogens with zero attached hydrogens (tertiary/aromatic N) is 2. The first-order chi connectivity index (χ1) is 9.38. The Bertz CT molecular complexity index is 658. The average molecular weight is 277 g/mol. The maximum absolute atomic E-state index is 11.8. The predicted molar refractivity (Wildman–Crippen MR) is 77.6 cm³/mol. The van der Waals surface area contributed by atoms with Gasteiger partial charge in [0.05, 0.1) is 0 Å². The van der Waals surface area contributed by atoms with Crippen molar-refractivity contribution in [3.63, 3.8) is 0 Å². The van der Waals surface area contributed by atoms with Gasteiger partial charge in [-0.3, -0.25) is 9.79 Å². The smallest absolute Gasteiger partial charge is 0.352 e. The van der Waals surface area contributed by atoms with E-state index in [1.165, 1.54) is 19.2 Å². The van der Waals surface area contributed by atoms with Gasteiger partial charge in [-0.25, -0.2) is 9.79 Å². The monoisotopic (exact) mass is 277 g/mol. The number of carbonyl (C=O) groups is 1. The van der Waals surface area contributed by atoms with Gasteiger partial charge in [-0.1, -0.05) is 0 Å². The Kier molecular flexibility index (Phi) is 4.79. The fourth-order valence-corrected chi connectivity index (χ4v) is 1.43. The van der Waals surface area contributed by atoms with Crippen LogP contribution in [0.5, 0.6) is 0 Å². The number of pyridine rings is 1. The van der Waals surface area contributed by atoms with Crippen LogP contribution in [0.15, 0.2) is 32.7 Å². The van der Waals surface area contributed by atoms with Gasteiger partial charge in [0.2, 0.25) is 0 Å². The maximum Gasteiger partial charge on any atom is 0.352 e. The van der Waals surface area contributed by atoms with Crippen LogP contribution in [-0.4, -0.2) is 35.7 Å². The number of aromatic amines is 1. The van der Waals surface area contributed by atoms with Crippen LogP contribution in [0.25, 0.3) is 0 Å². The van der Waals surface area contributed by atoms with Gasteiger partial charge in [-0.15, -0.1) is 0 Å². The lowest BCUT2D eigenvalue weighted by atomic mass is 10.2. The first kappa shape index (κ1) is 15.2. The van der Waals surface area contributed by atoms with Crippen molar-refractivity contribution in [2.24, 2.45) is 15.7 Å². The van der Waals surface area contributed by atoms with Crippen LogP contribution >= 0.6 is 0 Å². The van der Waals surface area contributed by atoms with Gasteiger partial charge in [0.25, 0.3) is 5.56 Å². The van der Waals surface area contributed by atoms with E-state index in [9.17, 15) is 9.59 Å². The minimum Gasteiger partial charge on any atom is -0.477 e. The number of hydrogen-bond acceptors (Lipinski definition) is 5. The van der Waals surface area contributed by atoms with E-state index in [4.69, 9.17) is 10.8 Å². The Hall–Kier alpha value is -2.90. The summed E-state index contributed by atoms with van der Waals surface area (Å²) in [5.41, 5.74) is 5.32. The van der Waals surface area contributed by atoms with E-state index in [1.807, 2.05) is 0 Å². The summed E-state index contributed by atoms with van der Waals surface area (Å²) in [5.74, 6) is -0.771. The lowest BCUT2D eigenvalue weighted by Crippen LogP contribution is -2.22. The van der Waals surface area contributed by atoms with Crippen molar-refractivity contribution in [2.75, 3.05) is 12.4 Å². The summed E-state index contributed by atoms with van der Waals surface area (Å²) in [6.07, 6.45) is 1.40. The van der Waals surface area contributed by atoms with Gasteiger partial charge in [0.15, 0.2) is 0 Å². The van der Waals surface area contributed by atoms with Crippen molar-refractivity contribution in [3.8, 4) is 0 Å². The van der Waals surface area contributed by atoms with Crippen LogP contribution in [-0.2, 0) is 0 Å². The third-order valence-corrected chi connectivity index (χ3v) is 2.42. The molecule has 1 rings (SSSR count). The zero-order valence-corrected chi connectivity index (χ0v) is 11.1. The molecule has 8 nitrogen and oxygen atoms in total. The minimum atomic E-state index is -1.20. The fourth-order valence-electron chi connectivity index (χ4n) is 1.43. The van der Waals surface area contributed by atoms with Gasteiger partial charge in [0.1, 0.15) is 23.0 Å². The number of hydrogen-bond donors (Lipinski definition) is 4. The second kappa shape index (κ2) is 6.32. The molecule has 0 aromatic carbocycles. The molecule has 0 fully saturated rings. The molecule has 0 radical (unpaired) electrons. The lowest BCUT2D eigenvalue weighted by Gasteiger charge is -2.08. The highest BCUT2D eigenvalue weighted by Crippen LogP contribution is 2.08. The van der Waals surface area contributed by atoms with Crippen molar-refractivity contribution < 1.29 is 9.90 Å². The van der Waals surface area contributed by atoms with Crippen molar-refractivity contribution in [2.45, 2.75) is 6.92 Å². The number of amidine groups is 1. The maximum atomic E-state index is 11.8. The summed E-state index contributed by atoms with van der Waals surface area (Å²) >= 11 is 0. The molecule has 1 aromatic rings. The molecule has 0 saturated heterocycles. The SMILES string of the molecule is C=N/C(N)=C\C(=N/C)Nc1cc(C)c(C(=O)O)[nH]c1=O. The molecule has 1 heterocycles. The molecule has 1 aromatic heterocycles. The first-order valence-corrected chi connectivity index (χ1v) is 5.54. The van der Waals surface area contributed by atoms with Crippen LogP contribution in [0, 0.1) is 6.92 Å². The average Bonchev–Trinajstić information content (AvgIpc) is 2.40. The Morgan fingerprint density at radius 2 is 2.25 bits per heavy atom. The molecular weight excluding hydrogens is 262 g/mol. The topological polar surface area (TPSA) is 133 Å². The number of H-pyrrole nitrogens is 1. The molecule has 20 heavy (non-hydrogen) atoms. The van der Waals surface area contributed by atoms with E-state index >= 15 is 0 Å². The van der Waals surface area contributed by atoms with Crippen molar-refractivity contribution >= 4 is 24.2 Å². The van der Waals surface area contributed by atoms with Crippen LogP contribution in [0.1, 0.15) is 16.1 Å². The standard InChI is InChI=1S/C12H15N5O3/c1-6-4-7(11(18)17-10(6)12(19)20)16-9(15-3)5-8(13)14-2/h4-5H,2,13H2,1,3H3,(H,15,16)(H,17,18)(H,19,20)/b8-5-. The number of carboxylic acid groups (broad SMARTS) is 1. The molecule has 0 aliphatic rings.